The standard InChI is InChI=1S/C13H24N4O2/c1-4-17-5-6-18-11(8-17)12-15-13(19-16-12)10(14)7-9(2)3/h9-11H,4-8,14H2,1-3H3. The molecule has 2 unspecified atom stereocenters. The Morgan fingerprint density at radius 1 is 1.47 bits per heavy atom. The highest BCUT2D eigenvalue weighted by Crippen LogP contribution is 2.22. The molecule has 0 amide bonds. The zero-order valence-electron chi connectivity index (χ0n) is 12.0. The zero-order valence-corrected chi connectivity index (χ0v) is 12.0. The van der Waals surface area contributed by atoms with Crippen LogP contribution < -0.4 is 5.73 Å². The lowest BCUT2D eigenvalue weighted by atomic mass is 10.0. The Morgan fingerprint density at radius 3 is 2.95 bits per heavy atom. The minimum Gasteiger partial charge on any atom is -0.367 e. The molecule has 1 aliphatic heterocycles. The van der Waals surface area contributed by atoms with Crippen molar-refractivity contribution in [2.75, 3.05) is 26.2 Å². The van der Waals surface area contributed by atoms with Gasteiger partial charge in [0, 0.05) is 13.1 Å². The highest BCUT2D eigenvalue weighted by molar-refractivity contribution is 4.97. The first-order valence-electron chi connectivity index (χ1n) is 7.03. The molecule has 1 saturated heterocycles. The molecular weight excluding hydrogens is 244 g/mol. The van der Waals surface area contributed by atoms with Gasteiger partial charge in [-0.2, -0.15) is 4.98 Å². The van der Waals surface area contributed by atoms with Gasteiger partial charge in [-0.3, -0.25) is 4.90 Å². The van der Waals surface area contributed by atoms with Crippen molar-refractivity contribution in [1.82, 2.24) is 15.0 Å². The summed E-state index contributed by atoms with van der Waals surface area (Å²) in [6, 6.07) is -0.188. The molecule has 1 fully saturated rings. The van der Waals surface area contributed by atoms with E-state index in [9.17, 15) is 0 Å². The second-order valence-electron chi connectivity index (χ2n) is 5.48. The van der Waals surface area contributed by atoms with Crippen molar-refractivity contribution in [3.05, 3.63) is 11.7 Å². The van der Waals surface area contributed by atoms with E-state index in [-0.39, 0.29) is 12.1 Å². The summed E-state index contributed by atoms with van der Waals surface area (Å²) >= 11 is 0. The van der Waals surface area contributed by atoms with Gasteiger partial charge in [0.15, 0.2) is 0 Å². The summed E-state index contributed by atoms with van der Waals surface area (Å²) in [7, 11) is 0. The maximum absolute atomic E-state index is 6.04. The summed E-state index contributed by atoms with van der Waals surface area (Å²) in [5, 5.41) is 4.02. The van der Waals surface area contributed by atoms with Crippen LogP contribution in [0.4, 0.5) is 0 Å². The third-order valence-corrected chi connectivity index (χ3v) is 3.39. The summed E-state index contributed by atoms with van der Waals surface area (Å²) in [4.78, 5) is 6.72. The summed E-state index contributed by atoms with van der Waals surface area (Å²) in [6.45, 7) is 9.89. The van der Waals surface area contributed by atoms with E-state index in [1.54, 1.807) is 0 Å². The fourth-order valence-electron chi connectivity index (χ4n) is 2.28. The Balaban J connectivity index is 2.00. The monoisotopic (exact) mass is 268 g/mol. The lowest BCUT2D eigenvalue weighted by molar-refractivity contribution is -0.0334. The summed E-state index contributed by atoms with van der Waals surface area (Å²) in [6.07, 6.45) is 0.742. The SMILES string of the molecule is CCN1CCOC(c2noc(C(N)CC(C)C)n2)C1. The normalized spacial score (nSPS) is 22.9. The predicted octanol–water partition coefficient (Wildman–Crippen LogP) is 1.51. The first-order valence-corrected chi connectivity index (χ1v) is 7.03. The lowest BCUT2D eigenvalue weighted by Crippen LogP contribution is -2.38. The quantitative estimate of drug-likeness (QED) is 0.872. The Hall–Kier alpha value is -0.980. The van der Waals surface area contributed by atoms with Gasteiger partial charge in [-0.15, -0.1) is 0 Å². The zero-order chi connectivity index (χ0) is 13.8. The maximum atomic E-state index is 6.04. The van der Waals surface area contributed by atoms with E-state index in [1.165, 1.54) is 0 Å². The van der Waals surface area contributed by atoms with Gasteiger partial charge < -0.3 is 15.0 Å². The maximum Gasteiger partial charge on any atom is 0.243 e. The van der Waals surface area contributed by atoms with Crippen LogP contribution in [0.2, 0.25) is 0 Å². The van der Waals surface area contributed by atoms with Crippen LogP contribution in [0.5, 0.6) is 0 Å². The van der Waals surface area contributed by atoms with E-state index < -0.39 is 0 Å². The van der Waals surface area contributed by atoms with E-state index in [4.69, 9.17) is 15.0 Å². The molecule has 0 aliphatic carbocycles. The smallest absolute Gasteiger partial charge is 0.243 e. The minimum absolute atomic E-state index is 0.0996. The number of aromatic nitrogens is 2. The van der Waals surface area contributed by atoms with Gasteiger partial charge in [0.1, 0.15) is 6.10 Å². The number of likely N-dealkylation sites (N-methyl/N-ethyl adjacent to an activating group) is 1. The molecule has 0 aromatic carbocycles. The second kappa shape index (κ2) is 6.45. The van der Waals surface area contributed by atoms with E-state index >= 15 is 0 Å². The van der Waals surface area contributed by atoms with Crippen LogP contribution in [0.25, 0.3) is 0 Å². The molecule has 0 spiro atoms. The average Bonchev–Trinajstić information content (AvgIpc) is 2.88. The number of nitrogens with two attached hydrogens (primary N) is 1. The Kier molecular flexibility index (Phi) is 4.90. The lowest BCUT2D eigenvalue weighted by Gasteiger charge is -2.30. The van der Waals surface area contributed by atoms with Gasteiger partial charge in [0.25, 0.3) is 0 Å². The number of rotatable bonds is 5. The number of morpholine rings is 1. The average molecular weight is 268 g/mol. The van der Waals surface area contributed by atoms with Crippen molar-refractivity contribution in [3.63, 3.8) is 0 Å². The van der Waals surface area contributed by atoms with Gasteiger partial charge in [-0.25, -0.2) is 0 Å². The van der Waals surface area contributed by atoms with Gasteiger partial charge in [-0.1, -0.05) is 25.9 Å². The molecule has 6 heteroatoms. The molecule has 108 valence electrons. The molecule has 1 aliphatic rings. The Labute approximate surface area is 114 Å². The molecule has 1 aromatic heterocycles. The fourth-order valence-corrected chi connectivity index (χ4v) is 2.28. The molecule has 0 bridgehead atoms. The van der Waals surface area contributed by atoms with E-state index in [2.05, 4.69) is 35.8 Å². The molecule has 0 saturated carbocycles. The fraction of sp³-hybridized carbons (Fsp3) is 0.846. The van der Waals surface area contributed by atoms with Crippen LogP contribution in [0.3, 0.4) is 0 Å². The van der Waals surface area contributed by atoms with E-state index in [0.29, 0.717) is 24.2 Å². The topological polar surface area (TPSA) is 77.4 Å². The van der Waals surface area contributed by atoms with Crippen LogP contribution >= 0.6 is 0 Å². The van der Waals surface area contributed by atoms with Crippen molar-refractivity contribution in [3.8, 4) is 0 Å². The van der Waals surface area contributed by atoms with Crippen LogP contribution in [0.15, 0.2) is 4.52 Å². The Bertz CT molecular complexity index is 394. The first kappa shape index (κ1) is 14.4. The molecule has 2 atom stereocenters. The van der Waals surface area contributed by atoms with Crippen molar-refractivity contribution < 1.29 is 9.26 Å². The van der Waals surface area contributed by atoms with Crippen molar-refractivity contribution in [1.29, 1.82) is 0 Å². The van der Waals surface area contributed by atoms with E-state index in [1.807, 2.05) is 0 Å². The Morgan fingerprint density at radius 2 is 2.26 bits per heavy atom. The molecule has 2 N–H and O–H groups in total. The van der Waals surface area contributed by atoms with Crippen LogP contribution in [0.1, 0.15) is 51.1 Å². The molecule has 1 aromatic rings. The number of hydrogen-bond donors (Lipinski definition) is 1. The highest BCUT2D eigenvalue weighted by Gasteiger charge is 2.26. The molecule has 19 heavy (non-hydrogen) atoms. The second-order valence-corrected chi connectivity index (χ2v) is 5.48. The summed E-state index contributed by atoms with van der Waals surface area (Å²) in [5.41, 5.74) is 6.04. The molecular formula is C13H24N4O2. The number of nitrogens with zero attached hydrogens (tertiary/aromatic N) is 3. The number of hydrogen-bond acceptors (Lipinski definition) is 6. The highest BCUT2D eigenvalue weighted by atomic mass is 16.5. The minimum atomic E-state index is -0.188. The van der Waals surface area contributed by atoms with Crippen molar-refractivity contribution in [2.24, 2.45) is 11.7 Å². The van der Waals surface area contributed by atoms with Gasteiger partial charge in [0.2, 0.25) is 11.7 Å². The third-order valence-electron chi connectivity index (χ3n) is 3.39. The summed E-state index contributed by atoms with van der Waals surface area (Å²) < 4.78 is 11.0. The third kappa shape index (κ3) is 3.75. The van der Waals surface area contributed by atoms with Crippen LogP contribution in [0, 0.1) is 5.92 Å². The van der Waals surface area contributed by atoms with E-state index in [0.717, 1.165) is 26.1 Å². The number of ether oxygens (including phenoxy) is 1. The molecule has 6 nitrogen and oxygen atoms in total. The van der Waals surface area contributed by atoms with Gasteiger partial charge in [0.05, 0.1) is 12.6 Å². The molecule has 2 rings (SSSR count). The largest absolute Gasteiger partial charge is 0.367 e. The van der Waals surface area contributed by atoms with Gasteiger partial charge >= 0.3 is 0 Å². The van der Waals surface area contributed by atoms with Crippen LogP contribution in [-0.2, 0) is 4.74 Å². The predicted molar refractivity (Wildman–Crippen MR) is 71.5 cm³/mol. The van der Waals surface area contributed by atoms with Crippen molar-refractivity contribution >= 4 is 0 Å². The molecule has 2 heterocycles. The summed E-state index contributed by atoms with van der Waals surface area (Å²) in [5.74, 6) is 1.64. The van der Waals surface area contributed by atoms with Gasteiger partial charge in [-0.05, 0) is 18.9 Å². The van der Waals surface area contributed by atoms with Crippen molar-refractivity contribution in [2.45, 2.75) is 39.3 Å². The first-order chi connectivity index (χ1) is 9.10. The molecule has 0 radical (unpaired) electrons. The van der Waals surface area contributed by atoms with Crippen LogP contribution in [-0.4, -0.2) is 41.3 Å².